The second-order valence-electron chi connectivity index (χ2n) is 5.29. The standard InChI is InChI=1S/C14H27NO4/c1-5-17-13(16)14(3,15-4)9-11(2)19-10-12-7-6-8-18-12/h11-12,15H,5-10H2,1-4H3. The highest BCUT2D eigenvalue weighted by Gasteiger charge is 2.35. The number of hydrogen-bond acceptors (Lipinski definition) is 5. The van der Waals surface area contributed by atoms with Crippen LogP contribution in [0.3, 0.4) is 0 Å². The summed E-state index contributed by atoms with van der Waals surface area (Å²) in [5.74, 6) is -0.231. The first-order valence-corrected chi connectivity index (χ1v) is 7.11. The first kappa shape index (κ1) is 16.4. The van der Waals surface area contributed by atoms with E-state index in [1.807, 2.05) is 20.8 Å². The molecule has 0 saturated carbocycles. The van der Waals surface area contributed by atoms with E-state index in [1.165, 1.54) is 0 Å². The smallest absolute Gasteiger partial charge is 0.326 e. The Morgan fingerprint density at radius 2 is 2.32 bits per heavy atom. The van der Waals surface area contributed by atoms with E-state index in [0.717, 1.165) is 19.4 Å². The minimum atomic E-state index is -0.702. The van der Waals surface area contributed by atoms with Crippen molar-refractivity contribution in [1.29, 1.82) is 0 Å². The van der Waals surface area contributed by atoms with E-state index in [4.69, 9.17) is 14.2 Å². The number of hydrogen-bond donors (Lipinski definition) is 1. The molecule has 1 aliphatic heterocycles. The number of carbonyl (C=O) groups is 1. The van der Waals surface area contributed by atoms with Crippen LogP contribution in [0, 0.1) is 0 Å². The topological polar surface area (TPSA) is 56.8 Å². The van der Waals surface area contributed by atoms with E-state index >= 15 is 0 Å². The summed E-state index contributed by atoms with van der Waals surface area (Å²) < 4.78 is 16.4. The minimum Gasteiger partial charge on any atom is -0.465 e. The summed E-state index contributed by atoms with van der Waals surface area (Å²) in [6.07, 6.45) is 2.94. The Balaban J connectivity index is 2.38. The molecule has 0 radical (unpaired) electrons. The fourth-order valence-electron chi connectivity index (χ4n) is 2.26. The highest BCUT2D eigenvalue weighted by molar-refractivity contribution is 5.80. The van der Waals surface area contributed by atoms with Gasteiger partial charge in [-0.05, 0) is 40.7 Å². The number of ether oxygens (including phenoxy) is 3. The molecule has 1 aliphatic rings. The summed E-state index contributed by atoms with van der Waals surface area (Å²) in [6, 6.07) is 0. The van der Waals surface area contributed by atoms with E-state index in [1.54, 1.807) is 7.05 Å². The number of esters is 1. The molecule has 0 aliphatic carbocycles. The predicted octanol–water partition coefficient (Wildman–Crippen LogP) is 1.50. The third-order valence-corrected chi connectivity index (χ3v) is 3.56. The first-order valence-electron chi connectivity index (χ1n) is 7.11. The molecule has 19 heavy (non-hydrogen) atoms. The van der Waals surface area contributed by atoms with Gasteiger partial charge in [0.25, 0.3) is 0 Å². The number of likely N-dealkylation sites (N-methyl/N-ethyl adjacent to an activating group) is 1. The van der Waals surface area contributed by atoms with Gasteiger partial charge in [0.1, 0.15) is 5.54 Å². The van der Waals surface area contributed by atoms with Crippen molar-refractivity contribution in [3.8, 4) is 0 Å². The molecule has 5 heteroatoms. The summed E-state index contributed by atoms with van der Waals surface area (Å²) in [5.41, 5.74) is -0.702. The molecule has 0 aromatic carbocycles. The molecule has 112 valence electrons. The number of carbonyl (C=O) groups excluding carboxylic acids is 1. The summed E-state index contributed by atoms with van der Waals surface area (Å²) in [7, 11) is 1.77. The maximum Gasteiger partial charge on any atom is 0.326 e. The first-order chi connectivity index (χ1) is 9.01. The molecule has 1 rings (SSSR count). The highest BCUT2D eigenvalue weighted by atomic mass is 16.5. The van der Waals surface area contributed by atoms with Gasteiger partial charge in [0.05, 0.1) is 25.4 Å². The Bertz CT molecular complexity index is 279. The normalized spacial score (nSPS) is 23.9. The lowest BCUT2D eigenvalue weighted by Gasteiger charge is -2.29. The van der Waals surface area contributed by atoms with E-state index in [-0.39, 0.29) is 18.2 Å². The zero-order valence-corrected chi connectivity index (χ0v) is 12.5. The molecule has 1 heterocycles. The van der Waals surface area contributed by atoms with Crippen LogP contribution >= 0.6 is 0 Å². The van der Waals surface area contributed by atoms with Crippen molar-refractivity contribution in [3.63, 3.8) is 0 Å². The van der Waals surface area contributed by atoms with Gasteiger partial charge in [-0.15, -0.1) is 0 Å². The van der Waals surface area contributed by atoms with Crippen molar-refractivity contribution in [2.45, 2.75) is 57.8 Å². The van der Waals surface area contributed by atoms with Crippen LogP contribution in [-0.2, 0) is 19.0 Å². The maximum absolute atomic E-state index is 11.9. The molecule has 0 amide bonds. The molecule has 5 nitrogen and oxygen atoms in total. The van der Waals surface area contributed by atoms with Crippen LogP contribution in [-0.4, -0.2) is 50.6 Å². The van der Waals surface area contributed by atoms with Crippen molar-refractivity contribution in [2.24, 2.45) is 0 Å². The Kier molecular flexibility index (Phi) is 6.75. The average molecular weight is 273 g/mol. The number of nitrogens with one attached hydrogen (secondary N) is 1. The zero-order valence-electron chi connectivity index (χ0n) is 12.5. The molecule has 0 aromatic rings. The lowest BCUT2D eigenvalue weighted by Crippen LogP contribution is -2.50. The second kappa shape index (κ2) is 7.82. The SMILES string of the molecule is CCOC(=O)C(C)(CC(C)OCC1CCCO1)NC. The summed E-state index contributed by atoms with van der Waals surface area (Å²) >= 11 is 0. The van der Waals surface area contributed by atoms with Crippen LogP contribution in [0.2, 0.25) is 0 Å². The minimum absolute atomic E-state index is 0.0222. The fraction of sp³-hybridized carbons (Fsp3) is 0.929. The van der Waals surface area contributed by atoms with Gasteiger partial charge < -0.3 is 19.5 Å². The van der Waals surface area contributed by atoms with Crippen LogP contribution in [0.15, 0.2) is 0 Å². The van der Waals surface area contributed by atoms with Crippen LogP contribution in [0.4, 0.5) is 0 Å². The molecule has 1 saturated heterocycles. The van der Waals surface area contributed by atoms with Gasteiger partial charge in [0.2, 0.25) is 0 Å². The van der Waals surface area contributed by atoms with Crippen molar-refractivity contribution in [2.75, 3.05) is 26.9 Å². The molecule has 1 N–H and O–H groups in total. The largest absolute Gasteiger partial charge is 0.465 e. The zero-order chi connectivity index (χ0) is 14.3. The molecular weight excluding hydrogens is 246 g/mol. The third-order valence-electron chi connectivity index (χ3n) is 3.56. The maximum atomic E-state index is 11.9. The molecule has 1 fully saturated rings. The quantitative estimate of drug-likeness (QED) is 0.679. The Hall–Kier alpha value is -0.650. The summed E-state index contributed by atoms with van der Waals surface area (Å²) in [4.78, 5) is 11.9. The Labute approximate surface area is 116 Å². The van der Waals surface area contributed by atoms with E-state index in [0.29, 0.717) is 19.6 Å². The summed E-state index contributed by atoms with van der Waals surface area (Å²) in [6.45, 7) is 7.45. The molecule has 0 aromatic heterocycles. The predicted molar refractivity (Wildman–Crippen MR) is 73.1 cm³/mol. The van der Waals surface area contributed by atoms with Crippen molar-refractivity contribution < 1.29 is 19.0 Å². The van der Waals surface area contributed by atoms with Gasteiger partial charge in [-0.25, -0.2) is 0 Å². The van der Waals surface area contributed by atoms with E-state index in [2.05, 4.69) is 5.32 Å². The van der Waals surface area contributed by atoms with Crippen LogP contribution in [0.5, 0.6) is 0 Å². The van der Waals surface area contributed by atoms with Crippen molar-refractivity contribution in [3.05, 3.63) is 0 Å². The lowest BCUT2D eigenvalue weighted by molar-refractivity contribution is -0.152. The highest BCUT2D eigenvalue weighted by Crippen LogP contribution is 2.18. The number of rotatable bonds is 8. The van der Waals surface area contributed by atoms with Gasteiger partial charge in [-0.3, -0.25) is 4.79 Å². The van der Waals surface area contributed by atoms with Gasteiger partial charge in [-0.2, -0.15) is 0 Å². The molecule has 0 spiro atoms. The Morgan fingerprint density at radius 3 is 2.84 bits per heavy atom. The lowest BCUT2D eigenvalue weighted by atomic mass is 9.95. The van der Waals surface area contributed by atoms with Crippen LogP contribution in [0.1, 0.15) is 40.0 Å². The second-order valence-corrected chi connectivity index (χ2v) is 5.29. The third kappa shape index (κ3) is 5.09. The van der Waals surface area contributed by atoms with Crippen LogP contribution in [0.25, 0.3) is 0 Å². The fourth-order valence-corrected chi connectivity index (χ4v) is 2.26. The monoisotopic (exact) mass is 273 g/mol. The Morgan fingerprint density at radius 1 is 1.58 bits per heavy atom. The van der Waals surface area contributed by atoms with E-state index in [9.17, 15) is 4.79 Å². The molecular formula is C14H27NO4. The van der Waals surface area contributed by atoms with Crippen molar-refractivity contribution in [1.82, 2.24) is 5.32 Å². The molecule has 0 bridgehead atoms. The molecule has 3 unspecified atom stereocenters. The average Bonchev–Trinajstić information content (AvgIpc) is 2.89. The summed E-state index contributed by atoms with van der Waals surface area (Å²) in [5, 5.41) is 3.04. The van der Waals surface area contributed by atoms with E-state index < -0.39 is 5.54 Å². The molecule has 3 atom stereocenters. The van der Waals surface area contributed by atoms with Gasteiger partial charge in [-0.1, -0.05) is 0 Å². The van der Waals surface area contributed by atoms with Gasteiger partial charge in [0.15, 0.2) is 0 Å². The van der Waals surface area contributed by atoms with Gasteiger partial charge in [0, 0.05) is 13.0 Å². The van der Waals surface area contributed by atoms with Crippen LogP contribution < -0.4 is 5.32 Å². The van der Waals surface area contributed by atoms with Gasteiger partial charge >= 0.3 is 5.97 Å². The van der Waals surface area contributed by atoms with Crippen molar-refractivity contribution >= 4 is 5.97 Å².